The molecule has 2 nitrogen and oxygen atoms in total. The van der Waals surface area contributed by atoms with E-state index in [1.54, 1.807) is 18.2 Å². The van der Waals surface area contributed by atoms with Gasteiger partial charge in [-0.2, -0.15) is 0 Å². The molecule has 0 spiro atoms. The SMILES string of the molecule is COCCCNC1C2CCC1Cc1ccccc1C2. The van der Waals surface area contributed by atoms with E-state index in [2.05, 4.69) is 29.6 Å². The monoisotopic (exact) mass is 259 g/mol. The van der Waals surface area contributed by atoms with E-state index in [-0.39, 0.29) is 0 Å². The van der Waals surface area contributed by atoms with E-state index in [1.807, 2.05) is 0 Å². The van der Waals surface area contributed by atoms with Crippen LogP contribution in [-0.4, -0.2) is 26.3 Å². The van der Waals surface area contributed by atoms with Crippen molar-refractivity contribution in [2.75, 3.05) is 20.3 Å². The summed E-state index contributed by atoms with van der Waals surface area (Å²) >= 11 is 0. The number of rotatable bonds is 5. The van der Waals surface area contributed by atoms with Crippen LogP contribution in [0.5, 0.6) is 0 Å². The van der Waals surface area contributed by atoms with Gasteiger partial charge in [-0.25, -0.2) is 0 Å². The van der Waals surface area contributed by atoms with Crippen LogP contribution < -0.4 is 5.32 Å². The predicted molar refractivity (Wildman–Crippen MR) is 78.3 cm³/mol. The van der Waals surface area contributed by atoms with Gasteiger partial charge in [0.2, 0.25) is 0 Å². The molecular weight excluding hydrogens is 234 g/mol. The van der Waals surface area contributed by atoms with Gasteiger partial charge in [-0.3, -0.25) is 0 Å². The highest BCUT2D eigenvalue weighted by molar-refractivity contribution is 5.30. The van der Waals surface area contributed by atoms with Crippen LogP contribution in [0.2, 0.25) is 0 Å². The third-order valence-corrected chi connectivity index (χ3v) is 4.91. The van der Waals surface area contributed by atoms with Gasteiger partial charge in [-0.05, 0) is 61.6 Å². The molecule has 0 heterocycles. The van der Waals surface area contributed by atoms with E-state index in [9.17, 15) is 0 Å². The Morgan fingerprint density at radius 3 is 2.32 bits per heavy atom. The maximum absolute atomic E-state index is 5.14. The molecule has 2 aliphatic carbocycles. The van der Waals surface area contributed by atoms with Crippen LogP contribution in [0.3, 0.4) is 0 Å². The van der Waals surface area contributed by atoms with Gasteiger partial charge in [0.1, 0.15) is 0 Å². The molecule has 2 atom stereocenters. The number of hydrogen-bond acceptors (Lipinski definition) is 2. The lowest BCUT2D eigenvalue weighted by Crippen LogP contribution is -2.38. The molecule has 1 aromatic rings. The number of hydrogen-bond donors (Lipinski definition) is 1. The largest absolute Gasteiger partial charge is 0.385 e. The first kappa shape index (κ1) is 13.1. The Balaban J connectivity index is 1.66. The molecule has 0 saturated heterocycles. The van der Waals surface area contributed by atoms with Crippen molar-refractivity contribution >= 4 is 0 Å². The molecule has 2 unspecified atom stereocenters. The van der Waals surface area contributed by atoms with Gasteiger partial charge in [0, 0.05) is 19.8 Å². The molecule has 2 heteroatoms. The molecule has 0 aromatic heterocycles. The second kappa shape index (κ2) is 6.06. The molecule has 0 radical (unpaired) electrons. The van der Waals surface area contributed by atoms with Crippen molar-refractivity contribution in [1.29, 1.82) is 0 Å². The van der Waals surface area contributed by atoms with Gasteiger partial charge in [0.15, 0.2) is 0 Å². The first-order chi connectivity index (χ1) is 9.38. The van der Waals surface area contributed by atoms with Gasteiger partial charge in [0.25, 0.3) is 0 Å². The number of fused-ring (bicyclic) bond motifs is 3. The summed E-state index contributed by atoms with van der Waals surface area (Å²) in [5.41, 5.74) is 3.19. The molecule has 2 aliphatic rings. The zero-order valence-corrected chi connectivity index (χ0v) is 11.9. The van der Waals surface area contributed by atoms with E-state index in [1.165, 1.54) is 25.7 Å². The van der Waals surface area contributed by atoms with Crippen molar-refractivity contribution in [3.05, 3.63) is 35.4 Å². The van der Waals surface area contributed by atoms with Crippen molar-refractivity contribution in [3.8, 4) is 0 Å². The third kappa shape index (κ3) is 2.85. The number of benzene rings is 1. The quantitative estimate of drug-likeness (QED) is 0.821. The highest BCUT2D eigenvalue weighted by Crippen LogP contribution is 2.39. The van der Waals surface area contributed by atoms with E-state index < -0.39 is 0 Å². The van der Waals surface area contributed by atoms with E-state index in [0.29, 0.717) is 0 Å². The molecule has 0 aliphatic heterocycles. The van der Waals surface area contributed by atoms with Crippen molar-refractivity contribution in [3.63, 3.8) is 0 Å². The molecule has 104 valence electrons. The van der Waals surface area contributed by atoms with Gasteiger partial charge >= 0.3 is 0 Å². The molecule has 1 saturated carbocycles. The van der Waals surface area contributed by atoms with Crippen molar-refractivity contribution in [2.45, 2.75) is 38.1 Å². The number of methoxy groups -OCH3 is 1. The zero-order chi connectivity index (χ0) is 13.1. The Bertz CT molecular complexity index is 384. The van der Waals surface area contributed by atoms with E-state index >= 15 is 0 Å². The standard InChI is InChI=1S/C17H25NO/c1-19-10-4-9-18-17-15-7-8-16(17)12-14-6-3-2-5-13(14)11-15/h2-3,5-6,15-18H,4,7-12H2,1H3. The molecule has 2 bridgehead atoms. The third-order valence-electron chi connectivity index (χ3n) is 4.91. The lowest BCUT2D eigenvalue weighted by atomic mass is 9.94. The summed E-state index contributed by atoms with van der Waals surface area (Å²) in [6, 6.07) is 9.78. The summed E-state index contributed by atoms with van der Waals surface area (Å²) in [7, 11) is 1.78. The Kier molecular flexibility index (Phi) is 4.19. The van der Waals surface area contributed by atoms with Crippen LogP contribution in [0.1, 0.15) is 30.4 Å². The lowest BCUT2D eigenvalue weighted by Gasteiger charge is -2.23. The summed E-state index contributed by atoms with van der Waals surface area (Å²) in [6.45, 7) is 1.97. The lowest BCUT2D eigenvalue weighted by molar-refractivity contribution is 0.190. The molecule has 0 amide bonds. The first-order valence-electron chi connectivity index (χ1n) is 7.67. The summed E-state index contributed by atoms with van der Waals surface area (Å²) in [6.07, 6.45) is 6.48. The first-order valence-corrected chi connectivity index (χ1v) is 7.67. The number of nitrogens with one attached hydrogen (secondary N) is 1. The maximum Gasteiger partial charge on any atom is 0.0474 e. The summed E-state index contributed by atoms with van der Waals surface area (Å²) in [5, 5.41) is 3.81. The van der Waals surface area contributed by atoms with Crippen LogP contribution in [0.15, 0.2) is 24.3 Å². The Morgan fingerprint density at radius 2 is 1.74 bits per heavy atom. The average molecular weight is 259 g/mol. The molecule has 19 heavy (non-hydrogen) atoms. The molecule has 1 aromatic carbocycles. The van der Waals surface area contributed by atoms with Crippen LogP contribution >= 0.6 is 0 Å². The Hall–Kier alpha value is -0.860. The minimum absolute atomic E-state index is 0.726. The van der Waals surface area contributed by atoms with Crippen LogP contribution in [0.4, 0.5) is 0 Å². The molecular formula is C17H25NO. The van der Waals surface area contributed by atoms with Crippen LogP contribution in [-0.2, 0) is 17.6 Å². The van der Waals surface area contributed by atoms with Gasteiger partial charge < -0.3 is 10.1 Å². The van der Waals surface area contributed by atoms with E-state index in [4.69, 9.17) is 4.74 Å². The van der Waals surface area contributed by atoms with Crippen LogP contribution in [0.25, 0.3) is 0 Å². The topological polar surface area (TPSA) is 21.3 Å². The van der Waals surface area contributed by atoms with Gasteiger partial charge in [-0.15, -0.1) is 0 Å². The maximum atomic E-state index is 5.14. The van der Waals surface area contributed by atoms with E-state index in [0.717, 1.165) is 37.5 Å². The van der Waals surface area contributed by atoms with Crippen molar-refractivity contribution in [1.82, 2.24) is 5.32 Å². The fourth-order valence-electron chi connectivity index (χ4n) is 3.97. The second-order valence-electron chi connectivity index (χ2n) is 6.10. The highest BCUT2D eigenvalue weighted by atomic mass is 16.5. The fourth-order valence-corrected chi connectivity index (χ4v) is 3.97. The van der Waals surface area contributed by atoms with Crippen molar-refractivity contribution in [2.24, 2.45) is 11.8 Å². The zero-order valence-electron chi connectivity index (χ0n) is 11.9. The van der Waals surface area contributed by atoms with Crippen LogP contribution in [0, 0.1) is 11.8 Å². The summed E-state index contributed by atoms with van der Waals surface area (Å²) in [4.78, 5) is 0. The second-order valence-corrected chi connectivity index (χ2v) is 6.10. The van der Waals surface area contributed by atoms with Gasteiger partial charge in [0.05, 0.1) is 0 Å². The predicted octanol–water partition coefficient (Wildman–Crippen LogP) is 2.81. The molecule has 1 N–H and O–H groups in total. The Morgan fingerprint density at radius 1 is 1.11 bits per heavy atom. The minimum Gasteiger partial charge on any atom is -0.385 e. The van der Waals surface area contributed by atoms with Crippen molar-refractivity contribution < 1.29 is 4.74 Å². The van der Waals surface area contributed by atoms with Gasteiger partial charge in [-0.1, -0.05) is 24.3 Å². The average Bonchev–Trinajstić information content (AvgIpc) is 2.70. The molecule has 3 rings (SSSR count). The Labute approximate surface area is 116 Å². The summed E-state index contributed by atoms with van der Waals surface area (Å²) in [5.74, 6) is 1.69. The highest BCUT2D eigenvalue weighted by Gasteiger charge is 2.38. The number of ether oxygens (including phenoxy) is 1. The molecule has 1 fully saturated rings. The normalized spacial score (nSPS) is 29.0. The summed E-state index contributed by atoms with van der Waals surface area (Å²) < 4.78 is 5.14. The minimum atomic E-state index is 0.726. The fraction of sp³-hybridized carbons (Fsp3) is 0.647. The smallest absolute Gasteiger partial charge is 0.0474 e.